The van der Waals surface area contributed by atoms with Crippen molar-refractivity contribution in [3.63, 3.8) is 0 Å². The standard InChI is InChI=1S/C10H7O6PS/c11-10-6-8(18(14,15)16-17(12)13)5-7-3-1-2-4-9(7)10/h1-6H,(H-,11,12,13)/p+1. The highest BCUT2D eigenvalue weighted by molar-refractivity contribution is 7.89. The van der Waals surface area contributed by atoms with E-state index in [-0.39, 0.29) is 10.6 Å². The van der Waals surface area contributed by atoms with Crippen molar-refractivity contribution in [1.29, 1.82) is 0 Å². The molecule has 8 heteroatoms. The lowest BCUT2D eigenvalue weighted by molar-refractivity contribution is 0.404. The first-order chi connectivity index (χ1) is 8.40. The zero-order valence-corrected chi connectivity index (χ0v) is 10.6. The lowest BCUT2D eigenvalue weighted by Crippen LogP contribution is -2.01. The second-order valence-corrected chi connectivity index (χ2v) is 5.88. The first-order valence-electron chi connectivity index (χ1n) is 4.72. The number of fused-ring (bicyclic) bond motifs is 1. The molecule has 0 saturated heterocycles. The van der Waals surface area contributed by atoms with Crippen molar-refractivity contribution >= 4 is 29.1 Å². The molecule has 94 valence electrons. The summed E-state index contributed by atoms with van der Waals surface area (Å²) in [5.41, 5.74) is 0. The molecular formula is C10H8O6PS+. The van der Waals surface area contributed by atoms with E-state index in [1.807, 2.05) is 0 Å². The van der Waals surface area contributed by atoms with E-state index in [0.29, 0.717) is 10.8 Å². The Morgan fingerprint density at radius 2 is 1.83 bits per heavy atom. The molecule has 1 atom stereocenters. The Hall–Kier alpha value is -1.53. The number of benzene rings is 2. The first-order valence-corrected chi connectivity index (χ1v) is 7.26. The smallest absolute Gasteiger partial charge is 0.507 e. The monoisotopic (exact) mass is 287 g/mol. The van der Waals surface area contributed by atoms with E-state index in [0.717, 1.165) is 6.07 Å². The van der Waals surface area contributed by atoms with Crippen molar-refractivity contribution in [3.8, 4) is 5.75 Å². The Balaban J connectivity index is 2.63. The fraction of sp³-hybridized carbons (Fsp3) is 0. The number of hydrogen-bond acceptors (Lipinski definition) is 5. The molecule has 0 radical (unpaired) electrons. The molecule has 0 aliphatic carbocycles. The van der Waals surface area contributed by atoms with Crippen molar-refractivity contribution < 1.29 is 27.0 Å². The minimum Gasteiger partial charge on any atom is -0.507 e. The van der Waals surface area contributed by atoms with Crippen LogP contribution in [0.5, 0.6) is 5.75 Å². The highest BCUT2D eigenvalue weighted by Gasteiger charge is 2.29. The lowest BCUT2D eigenvalue weighted by atomic mass is 10.1. The highest BCUT2D eigenvalue weighted by atomic mass is 32.2. The van der Waals surface area contributed by atoms with Crippen LogP contribution in [0.4, 0.5) is 0 Å². The van der Waals surface area contributed by atoms with Crippen molar-refractivity contribution in [3.05, 3.63) is 36.4 Å². The summed E-state index contributed by atoms with van der Waals surface area (Å²) in [6, 6.07) is 8.81. The maximum atomic E-state index is 11.6. The number of hydrogen-bond donors (Lipinski definition) is 2. The summed E-state index contributed by atoms with van der Waals surface area (Å²) in [6.45, 7) is 0. The molecule has 0 saturated carbocycles. The van der Waals surface area contributed by atoms with Gasteiger partial charge in [0.15, 0.2) is 0 Å². The fourth-order valence-corrected chi connectivity index (χ4v) is 3.08. The van der Waals surface area contributed by atoms with Crippen LogP contribution in [-0.2, 0) is 18.7 Å². The fourth-order valence-electron chi connectivity index (χ4n) is 1.53. The molecule has 2 rings (SSSR count). The quantitative estimate of drug-likeness (QED) is 0.836. The Morgan fingerprint density at radius 3 is 2.50 bits per heavy atom. The molecule has 1 unspecified atom stereocenters. The van der Waals surface area contributed by atoms with Crippen molar-refractivity contribution in [2.45, 2.75) is 4.90 Å². The summed E-state index contributed by atoms with van der Waals surface area (Å²) < 4.78 is 37.5. The lowest BCUT2D eigenvalue weighted by Gasteiger charge is -2.03. The van der Waals surface area contributed by atoms with Gasteiger partial charge in [-0.2, -0.15) is 8.42 Å². The van der Waals surface area contributed by atoms with E-state index >= 15 is 0 Å². The van der Waals surface area contributed by atoms with Crippen molar-refractivity contribution in [2.75, 3.05) is 0 Å². The number of phenols is 1. The van der Waals surface area contributed by atoms with Crippen LogP contribution in [0.1, 0.15) is 0 Å². The molecule has 18 heavy (non-hydrogen) atoms. The summed E-state index contributed by atoms with van der Waals surface area (Å²) in [4.78, 5) is 8.10. The SMILES string of the molecule is O=[P+](O)OS(=O)(=O)c1cc(O)c2ccccc2c1. The maximum absolute atomic E-state index is 11.6. The summed E-state index contributed by atoms with van der Waals surface area (Å²) >= 11 is 0. The minimum absolute atomic E-state index is 0.247. The topological polar surface area (TPSA) is 101 Å². The first kappa shape index (κ1) is 12.9. The van der Waals surface area contributed by atoms with Gasteiger partial charge in [0.1, 0.15) is 10.6 Å². The van der Waals surface area contributed by atoms with Gasteiger partial charge in [-0.3, -0.25) is 0 Å². The van der Waals surface area contributed by atoms with Crippen molar-refractivity contribution in [1.82, 2.24) is 0 Å². The second kappa shape index (κ2) is 4.62. The van der Waals surface area contributed by atoms with E-state index < -0.39 is 18.4 Å². The Kier molecular flexibility index (Phi) is 3.32. The number of aromatic hydroxyl groups is 1. The van der Waals surface area contributed by atoms with Crippen LogP contribution in [0.15, 0.2) is 41.3 Å². The number of rotatable bonds is 3. The predicted octanol–water partition coefficient (Wildman–Crippen LogP) is 1.90. The van der Waals surface area contributed by atoms with Gasteiger partial charge in [-0.15, -0.1) is 4.89 Å². The van der Waals surface area contributed by atoms with Crippen LogP contribution in [0.3, 0.4) is 0 Å². The molecule has 0 aromatic heterocycles. The van der Waals surface area contributed by atoms with E-state index in [4.69, 9.17) is 4.89 Å². The molecule has 2 aromatic rings. The van der Waals surface area contributed by atoms with Crippen LogP contribution >= 0.6 is 8.25 Å². The molecule has 0 bridgehead atoms. The Bertz CT molecular complexity index is 724. The van der Waals surface area contributed by atoms with Gasteiger partial charge in [0.05, 0.1) is 0 Å². The molecule has 0 aliphatic rings. The summed E-state index contributed by atoms with van der Waals surface area (Å²) in [7, 11) is -7.65. The van der Waals surface area contributed by atoms with E-state index in [9.17, 15) is 18.1 Å². The molecule has 0 spiro atoms. The number of phenolic OH excluding ortho intramolecular Hbond substituents is 1. The second-order valence-electron chi connectivity index (χ2n) is 3.43. The molecule has 2 N–H and O–H groups in total. The van der Waals surface area contributed by atoms with Gasteiger partial charge in [0.2, 0.25) is 0 Å². The molecule has 2 aromatic carbocycles. The van der Waals surface area contributed by atoms with Crippen LogP contribution in [0.2, 0.25) is 0 Å². The third kappa shape index (κ3) is 2.49. The predicted molar refractivity (Wildman–Crippen MR) is 63.7 cm³/mol. The van der Waals surface area contributed by atoms with Crippen LogP contribution in [-0.4, -0.2) is 18.4 Å². The van der Waals surface area contributed by atoms with Crippen LogP contribution in [0.25, 0.3) is 10.8 Å². The minimum atomic E-state index is -4.37. The molecule has 0 heterocycles. The van der Waals surface area contributed by atoms with E-state index in [2.05, 4.69) is 3.97 Å². The third-order valence-electron chi connectivity index (χ3n) is 2.26. The van der Waals surface area contributed by atoms with Gasteiger partial charge >= 0.3 is 18.4 Å². The molecule has 0 fully saturated rings. The zero-order chi connectivity index (χ0) is 13.3. The van der Waals surface area contributed by atoms with Gasteiger partial charge < -0.3 is 5.11 Å². The average molecular weight is 287 g/mol. The van der Waals surface area contributed by atoms with Crippen LogP contribution in [0, 0.1) is 0 Å². The van der Waals surface area contributed by atoms with Gasteiger partial charge in [0, 0.05) is 20.0 Å². The van der Waals surface area contributed by atoms with Gasteiger partial charge in [-0.25, -0.2) is 0 Å². The normalized spacial score (nSPS) is 12.6. The van der Waals surface area contributed by atoms with Gasteiger partial charge in [-0.05, 0) is 11.5 Å². The molecule has 0 aliphatic heterocycles. The largest absolute Gasteiger partial charge is 0.712 e. The van der Waals surface area contributed by atoms with E-state index in [1.165, 1.54) is 6.07 Å². The average Bonchev–Trinajstić information content (AvgIpc) is 2.27. The zero-order valence-electron chi connectivity index (χ0n) is 8.85. The third-order valence-corrected chi connectivity index (χ3v) is 4.37. The Labute approximate surface area is 104 Å². The van der Waals surface area contributed by atoms with Gasteiger partial charge in [-0.1, -0.05) is 24.3 Å². The summed E-state index contributed by atoms with van der Waals surface area (Å²) in [5, 5.41) is 10.7. The highest BCUT2D eigenvalue weighted by Crippen LogP contribution is 2.31. The Morgan fingerprint density at radius 1 is 1.17 bits per heavy atom. The molecular weight excluding hydrogens is 279 g/mol. The molecule has 6 nitrogen and oxygen atoms in total. The van der Waals surface area contributed by atoms with Crippen LogP contribution < -0.4 is 0 Å². The summed E-state index contributed by atoms with van der Waals surface area (Å²) in [6.07, 6.45) is 0. The van der Waals surface area contributed by atoms with Crippen molar-refractivity contribution in [2.24, 2.45) is 0 Å². The van der Waals surface area contributed by atoms with Gasteiger partial charge in [0.25, 0.3) is 0 Å². The summed E-state index contributed by atoms with van der Waals surface area (Å²) in [5.74, 6) is -0.247. The molecule has 0 amide bonds. The van der Waals surface area contributed by atoms with E-state index in [1.54, 1.807) is 24.3 Å². The maximum Gasteiger partial charge on any atom is 0.712 e.